The van der Waals surface area contributed by atoms with Crippen molar-refractivity contribution in [2.75, 3.05) is 20.1 Å². The van der Waals surface area contributed by atoms with Crippen LogP contribution in [0, 0.1) is 12.3 Å². The van der Waals surface area contributed by atoms with Crippen molar-refractivity contribution in [1.29, 1.82) is 0 Å². The van der Waals surface area contributed by atoms with Crippen molar-refractivity contribution in [3.8, 4) is 10.4 Å². The Hall–Kier alpha value is -2.82. The lowest BCUT2D eigenvalue weighted by Gasteiger charge is -2.35. The molecule has 4 N–H and O–H groups in total. The molecule has 0 saturated carbocycles. The molecule has 2 aromatic rings. The topological polar surface area (TPSA) is 124 Å². The summed E-state index contributed by atoms with van der Waals surface area (Å²) in [5, 5.41) is 19.6. The van der Waals surface area contributed by atoms with Gasteiger partial charge in [0.25, 0.3) is 0 Å². The number of aliphatic hydroxyl groups is 1. The van der Waals surface area contributed by atoms with Crippen molar-refractivity contribution in [2.45, 2.75) is 104 Å². The maximum atomic E-state index is 13.8. The van der Waals surface area contributed by atoms with Crippen LogP contribution in [0.5, 0.6) is 0 Å². The largest absolute Gasteiger partial charge is 0.391 e. The molecule has 1 aliphatic rings. The molecule has 3 rings (SSSR count). The molecule has 10 heteroatoms. The fraction of sp³-hybridized carbons (Fsp3) is 0.625. The number of nitrogens with zero attached hydrogens (tertiary/aromatic N) is 2. The van der Waals surface area contributed by atoms with Gasteiger partial charge in [-0.15, -0.1) is 11.3 Å². The number of amides is 3. The first-order valence-corrected chi connectivity index (χ1v) is 16.0. The van der Waals surface area contributed by atoms with Crippen LogP contribution < -0.4 is 16.0 Å². The normalized spacial score (nSPS) is 18.5. The fourth-order valence-corrected chi connectivity index (χ4v) is 6.18. The standard InChI is InChI=1S/C32H49N5O4S/c1-21(23-13-15-24(16-14-23)28-22(2)34-20-42-28)35-30(40)26-18-25(38)19-37(26)31(41)29(32(3,4)5)36-27(39)12-10-8-7-9-11-17-33-6/h13-16,20-21,25-26,29,33,38H,7-12,17-19H2,1-6H3,(H,35,40)(H,36,39)/t21-,25+,26?,29+/m0/s1. The number of aryl methyl sites for hydroxylation is 1. The van der Waals surface area contributed by atoms with E-state index in [1.54, 1.807) is 11.3 Å². The second-order valence-corrected chi connectivity index (χ2v) is 13.4. The molecule has 0 bridgehead atoms. The van der Waals surface area contributed by atoms with Crippen molar-refractivity contribution in [2.24, 2.45) is 5.41 Å². The number of unbranched alkanes of at least 4 members (excludes halogenated alkanes) is 4. The fourth-order valence-electron chi connectivity index (χ4n) is 5.37. The van der Waals surface area contributed by atoms with Crippen LogP contribution >= 0.6 is 11.3 Å². The van der Waals surface area contributed by atoms with Crippen LogP contribution in [0.2, 0.25) is 0 Å². The SMILES string of the molecule is CNCCCCCCCC(=O)N[C@H](C(=O)N1C[C@H](O)CC1C(=O)N[C@@H](C)c1ccc(-c2scnc2C)cc1)C(C)(C)C. The quantitative estimate of drug-likeness (QED) is 0.240. The highest BCUT2D eigenvalue weighted by Gasteiger charge is 2.44. The van der Waals surface area contributed by atoms with Crippen molar-refractivity contribution in [3.63, 3.8) is 0 Å². The van der Waals surface area contributed by atoms with Gasteiger partial charge in [0.2, 0.25) is 17.7 Å². The van der Waals surface area contributed by atoms with Gasteiger partial charge in [-0.25, -0.2) is 4.98 Å². The molecule has 0 radical (unpaired) electrons. The summed E-state index contributed by atoms with van der Waals surface area (Å²) >= 11 is 1.59. The second kappa shape index (κ2) is 15.6. The van der Waals surface area contributed by atoms with E-state index in [0.29, 0.717) is 6.42 Å². The van der Waals surface area contributed by atoms with E-state index in [1.807, 2.05) is 71.4 Å². The van der Waals surface area contributed by atoms with E-state index >= 15 is 0 Å². The summed E-state index contributed by atoms with van der Waals surface area (Å²) in [6, 6.07) is 6.11. The van der Waals surface area contributed by atoms with Gasteiger partial charge in [-0.1, -0.05) is 64.3 Å². The maximum Gasteiger partial charge on any atom is 0.246 e. The van der Waals surface area contributed by atoms with Gasteiger partial charge < -0.3 is 26.0 Å². The molecule has 1 fully saturated rings. The molecule has 3 amide bonds. The number of carbonyl (C=O) groups is 3. The van der Waals surface area contributed by atoms with Gasteiger partial charge in [-0.3, -0.25) is 14.4 Å². The molecule has 1 unspecified atom stereocenters. The number of aliphatic hydroxyl groups excluding tert-OH is 1. The molecule has 2 heterocycles. The molecule has 1 saturated heterocycles. The molecular formula is C32H49N5O4S. The first-order valence-electron chi connectivity index (χ1n) is 15.2. The van der Waals surface area contributed by atoms with Crippen LogP contribution in [-0.2, 0) is 14.4 Å². The average Bonchev–Trinajstić information content (AvgIpc) is 3.55. The Labute approximate surface area is 254 Å². The third kappa shape index (κ3) is 9.34. The molecule has 232 valence electrons. The van der Waals surface area contributed by atoms with Gasteiger partial charge >= 0.3 is 0 Å². The number of carbonyl (C=O) groups excluding carboxylic acids is 3. The van der Waals surface area contributed by atoms with Gasteiger partial charge in [-0.2, -0.15) is 0 Å². The average molecular weight is 600 g/mol. The summed E-state index contributed by atoms with van der Waals surface area (Å²) in [7, 11) is 1.95. The van der Waals surface area contributed by atoms with Gasteiger partial charge in [0.15, 0.2) is 0 Å². The Balaban J connectivity index is 1.61. The van der Waals surface area contributed by atoms with E-state index in [9.17, 15) is 19.5 Å². The van der Waals surface area contributed by atoms with E-state index in [0.717, 1.165) is 60.3 Å². The van der Waals surface area contributed by atoms with Crippen LogP contribution in [0.1, 0.15) is 89.9 Å². The van der Waals surface area contributed by atoms with Crippen LogP contribution in [-0.4, -0.2) is 71.0 Å². The highest BCUT2D eigenvalue weighted by atomic mass is 32.1. The highest BCUT2D eigenvalue weighted by molar-refractivity contribution is 7.13. The van der Waals surface area contributed by atoms with Crippen LogP contribution in [0.15, 0.2) is 29.8 Å². The lowest BCUT2D eigenvalue weighted by atomic mass is 9.85. The first-order chi connectivity index (χ1) is 19.9. The molecule has 42 heavy (non-hydrogen) atoms. The van der Waals surface area contributed by atoms with Gasteiger partial charge in [0.1, 0.15) is 12.1 Å². The summed E-state index contributed by atoms with van der Waals surface area (Å²) < 4.78 is 0. The summed E-state index contributed by atoms with van der Waals surface area (Å²) in [4.78, 5) is 47.0. The van der Waals surface area contributed by atoms with Gasteiger partial charge in [0, 0.05) is 19.4 Å². The third-order valence-electron chi connectivity index (χ3n) is 7.89. The molecule has 1 aromatic carbocycles. The summed E-state index contributed by atoms with van der Waals surface area (Å²) in [5.74, 6) is -0.812. The van der Waals surface area contributed by atoms with Crippen LogP contribution in [0.3, 0.4) is 0 Å². The summed E-state index contributed by atoms with van der Waals surface area (Å²) in [6.45, 7) is 10.6. The van der Waals surface area contributed by atoms with E-state index in [1.165, 1.54) is 4.90 Å². The zero-order valence-electron chi connectivity index (χ0n) is 26.0. The molecular weight excluding hydrogens is 550 g/mol. The van der Waals surface area contributed by atoms with E-state index in [2.05, 4.69) is 20.9 Å². The second-order valence-electron chi connectivity index (χ2n) is 12.5. The summed E-state index contributed by atoms with van der Waals surface area (Å²) in [5.41, 5.74) is 4.26. The summed E-state index contributed by atoms with van der Waals surface area (Å²) in [6.07, 6.45) is 4.78. The minimum absolute atomic E-state index is 0.0588. The van der Waals surface area contributed by atoms with Crippen molar-refractivity contribution in [1.82, 2.24) is 25.8 Å². The van der Waals surface area contributed by atoms with E-state index < -0.39 is 23.6 Å². The number of rotatable bonds is 14. The number of β-amino-alcohol motifs (C(OH)–C–C–N with tert-alkyl or cyclic N) is 1. The minimum atomic E-state index is -0.812. The Bertz CT molecular complexity index is 1180. The number of benzene rings is 1. The Morgan fingerprint density at radius 3 is 2.36 bits per heavy atom. The number of likely N-dealkylation sites (tertiary alicyclic amines) is 1. The predicted octanol–water partition coefficient (Wildman–Crippen LogP) is 4.35. The van der Waals surface area contributed by atoms with E-state index in [-0.39, 0.29) is 36.7 Å². The minimum Gasteiger partial charge on any atom is -0.391 e. The van der Waals surface area contributed by atoms with E-state index in [4.69, 9.17) is 0 Å². The Kier molecular flexibility index (Phi) is 12.5. The molecule has 9 nitrogen and oxygen atoms in total. The highest BCUT2D eigenvalue weighted by Crippen LogP contribution is 2.29. The molecule has 1 aliphatic heterocycles. The third-order valence-corrected chi connectivity index (χ3v) is 8.87. The number of hydrogen-bond donors (Lipinski definition) is 4. The Morgan fingerprint density at radius 1 is 1.07 bits per heavy atom. The van der Waals surface area contributed by atoms with Crippen molar-refractivity contribution >= 4 is 29.1 Å². The molecule has 0 aliphatic carbocycles. The number of nitrogens with one attached hydrogen (secondary N) is 3. The lowest BCUT2D eigenvalue weighted by Crippen LogP contribution is -2.57. The number of hydrogen-bond acceptors (Lipinski definition) is 7. The smallest absolute Gasteiger partial charge is 0.246 e. The van der Waals surface area contributed by atoms with Crippen LogP contribution in [0.25, 0.3) is 10.4 Å². The number of aromatic nitrogens is 1. The maximum absolute atomic E-state index is 13.8. The monoisotopic (exact) mass is 599 g/mol. The van der Waals surface area contributed by atoms with Gasteiger partial charge in [0.05, 0.1) is 28.2 Å². The van der Waals surface area contributed by atoms with Crippen molar-refractivity contribution < 1.29 is 19.5 Å². The predicted molar refractivity (Wildman–Crippen MR) is 168 cm³/mol. The number of thiazole rings is 1. The first kappa shape index (κ1) is 33.7. The molecule has 4 atom stereocenters. The Morgan fingerprint density at radius 2 is 1.74 bits per heavy atom. The molecule has 0 spiro atoms. The van der Waals surface area contributed by atoms with Gasteiger partial charge in [-0.05, 0) is 56.8 Å². The zero-order valence-corrected chi connectivity index (χ0v) is 26.9. The van der Waals surface area contributed by atoms with Crippen molar-refractivity contribution in [3.05, 3.63) is 41.0 Å². The van der Waals surface area contributed by atoms with Crippen LogP contribution in [0.4, 0.5) is 0 Å². The molecule has 1 aromatic heterocycles. The zero-order chi connectivity index (χ0) is 30.9. The lowest BCUT2D eigenvalue weighted by molar-refractivity contribution is -0.144.